The van der Waals surface area contributed by atoms with Gasteiger partial charge in [-0.3, -0.25) is 0 Å². The maximum absolute atomic E-state index is 11.8. The highest BCUT2D eigenvalue weighted by molar-refractivity contribution is 9.09. The molecule has 0 radical (unpaired) electrons. The number of alkyl halides is 4. The van der Waals surface area contributed by atoms with Crippen molar-refractivity contribution in [1.29, 1.82) is 0 Å². The summed E-state index contributed by atoms with van der Waals surface area (Å²) in [5.74, 6) is 0.346. The summed E-state index contributed by atoms with van der Waals surface area (Å²) in [4.78, 5) is 0.310. The van der Waals surface area contributed by atoms with Crippen molar-refractivity contribution in [2.24, 2.45) is 5.92 Å². The van der Waals surface area contributed by atoms with Gasteiger partial charge < -0.3 is 4.74 Å². The highest BCUT2D eigenvalue weighted by Gasteiger charge is 2.29. The van der Waals surface area contributed by atoms with Crippen LogP contribution in [0.5, 0.6) is 0 Å². The average Bonchev–Trinajstić information content (AvgIpc) is 2.06. The van der Waals surface area contributed by atoms with Crippen LogP contribution in [0.2, 0.25) is 0 Å². The van der Waals surface area contributed by atoms with E-state index in [0.717, 1.165) is 6.42 Å². The third kappa shape index (κ3) is 4.89. The van der Waals surface area contributed by atoms with E-state index in [2.05, 4.69) is 15.9 Å². The molecule has 0 aromatic heterocycles. The lowest BCUT2D eigenvalue weighted by Gasteiger charge is -2.27. The number of ether oxygens (including phenoxy) is 1. The summed E-state index contributed by atoms with van der Waals surface area (Å²) >= 11 is 3.52. The number of halogens is 4. The van der Waals surface area contributed by atoms with Crippen LogP contribution in [-0.4, -0.2) is 29.3 Å². The zero-order valence-corrected chi connectivity index (χ0v) is 9.92. The van der Waals surface area contributed by atoms with Gasteiger partial charge in [-0.05, 0) is 18.8 Å². The molecular weight excluding hydrogens is 281 g/mol. The molecule has 0 spiro atoms. The summed E-state index contributed by atoms with van der Waals surface area (Å²) in [6.45, 7) is 1.28. The van der Waals surface area contributed by atoms with E-state index < -0.39 is 5.51 Å². The van der Waals surface area contributed by atoms with Gasteiger partial charge in [0.25, 0.3) is 0 Å². The van der Waals surface area contributed by atoms with E-state index in [1.807, 2.05) is 0 Å². The molecule has 0 amide bonds. The maximum Gasteiger partial charge on any atom is 0.441 e. The lowest BCUT2D eigenvalue weighted by atomic mass is 10.00. The van der Waals surface area contributed by atoms with E-state index in [4.69, 9.17) is 4.74 Å². The van der Waals surface area contributed by atoms with E-state index in [1.54, 1.807) is 0 Å². The number of thioether (sulfide) groups is 1. The third-order valence-corrected chi connectivity index (χ3v) is 4.11. The second kappa shape index (κ2) is 5.61. The van der Waals surface area contributed by atoms with Crippen LogP contribution in [-0.2, 0) is 4.74 Å². The highest BCUT2D eigenvalue weighted by Crippen LogP contribution is 2.33. The standard InChI is InChI=1S/C8H12BrF3OS/c9-7-1-3-13-5-6(7)2-4-14-8(10,11)12/h6-7H,1-5H2. The molecule has 0 saturated carbocycles. The van der Waals surface area contributed by atoms with Crippen LogP contribution in [0.3, 0.4) is 0 Å². The fourth-order valence-electron chi connectivity index (χ4n) is 1.36. The van der Waals surface area contributed by atoms with E-state index >= 15 is 0 Å². The van der Waals surface area contributed by atoms with Crippen molar-refractivity contribution < 1.29 is 17.9 Å². The SMILES string of the molecule is FC(F)(F)SCCC1COCCC1Br. The molecule has 0 aliphatic carbocycles. The molecule has 2 atom stereocenters. The van der Waals surface area contributed by atoms with Gasteiger partial charge in [-0.1, -0.05) is 27.7 Å². The van der Waals surface area contributed by atoms with E-state index in [0.29, 0.717) is 24.5 Å². The Kier molecular flexibility index (Phi) is 5.06. The monoisotopic (exact) mass is 292 g/mol. The van der Waals surface area contributed by atoms with Crippen molar-refractivity contribution in [3.05, 3.63) is 0 Å². The minimum Gasteiger partial charge on any atom is -0.381 e. The first-order valence-corrected chi connectivity index (χ1v) is 6.31. The smallest absolute Gasteiger partial charge is 0.381 e. The molecule has 1 aliphatic heterocycles. The van der Waals surface area contributed by atoms with Crippen molar-refractivity contribution in [3.63, 3.8) is 0 Å². The van der Waals surface area contributed by atoms with E-state index in [1.165, 1.54) is 0 Å². The Labute approximate surface area is 93.9 Å². The van der Waals surface area contributed by atoms with Gasteiger partial charge in [-0.15, -0.1) is 0 Å². The molecular formula is C8H12BrF3OS. The van der Waals surface area contributed by atoms with Gasteiger partial charge in [0.2, 0.25) is 0 Å². The van der Waals surface area contributed by atoms with Gasteiger partial charge in [0, 0.05) is 17.2 Å². The molecule has 84 valence electrons. The highest BCUT2D eigenvalue weighted by atomic mass is 79.9. The molecule has 6 heteroatoms. The van der Waals surface area contributed by atoms with Gasteiger partial charge in [0.15, 0.2) is 0 Å². The van der Waals surface area contributed by atoms with Crippen LogP contribution in [0.15, 0.2) is 0 Å². The molecule has 0 aromatic carbocycles. The summed E-state index contributed by atoms with van der Waals surface area (Å²) in [5.41, 5.74) is -4.10. The Morgan fingerprint density at radius 3 is 2.71 bits per heavy atom. The fourth-order valence-corrected chi connectivity index (χ4v) is 2.62. The molecule has 1 nitrogen and oxygen atoms in total. The second-order valence-corrected chi connectivity index (χ2v) is 5.56. The molecule has 1 saturated heterocycles. The minimum absolute atomic E-state index is 0.0529. The number of hydrogen-bond acceptors (Lipinski definition) is 2. The normalized spacial score (nSPS) is 29.1. The Morgan fingerprint density at radius 2 is 2.14 bits per heavy atom. The predicted molar refractivity (Wildman–Crippen MR) is 54.8 cm³/mol. The first-order chi connectivity index (χ1) is 6.49. The molecule has 1 fully saturated rings. The number of hydrogen-bond donors (Lipinski definition) is 0. The second-order valence-electron chi connectivity index (χ2n) is 3.22. The predicted octanol–water partition coefficient (Wildman–Crippen LogP) is 3.43. The van der Waals surface area contributed by atoms with Crippen LogP contribution in [0, 0.1) is 5.92 Å². The lowest BCUT2D eigenvalue weighted by Crippen LogP contribution is -2.28. The van der Waals surface area contributed by atoms with Gasteiger partial charge in [-0.25, -0.2) is 0 Å². The molecule has 0 aromatic rings. The van der Waals surface area contributed by atoms with Crippen LogP contribution >= 0.6 is 27.7 Å². The topological polar surface area (TPSA) is 9.23 Å². The molecule has 1 heterocycles. The number of rotatable bonds is 3. The molecule has 0 bridgehead atoms. The Morgan fingerprint density at radius 1 is 1.43 bits per heavy atom. The maximum atomic E-state index is 11.8. The first kappa shape index (κ1) is 12.6. The summed E-state index contributed by atoms with van der Waals surface area (Å²) in [5, 5.41) is 0. The van der Waals surface area contributed by atoms with Gasteiger partial charge in [0.1, 0.15) is 0 Å². The molecule has 1 aliphatic rings. The zero-order valence-electron chi connectivity index (χ0n) is 7.52. The molecule has 14 heavy (non-hydrogen) atoms. The quantitative estimate of drug-likeness (QED) is 0.737. The largest absolute Gasteiger partial charge is 0.441 e. The van der Waals surface area contributed by atoms with Crippen LogP contribution in [0.25, 0.3) is 0 Å². The third-order valence-electron chi connectivity index (χ3n) is 2.14. The van der Waals surface area contributed by atoms with Crippen molar-refractivity contribution in [3.8, 4) is 0 Å². The Bertz CT molecular complexity index is 176. The summed E-state index contributed by atoms with van der Waals surface area (Å²) in [6.07, 6.45) is 1.45. The van der Waals surface area contributed by atoms with Crippen LogP contribution in [0.1, 0.15) is 12.8 Å². The summed E-state index contributed by atoms with van der Waals surface area (Å²) < 4.78 is 40.7. The van der Waals surface area contributed by atoms with Crippen molar-refractivity contribution >= 4 is 27.7 Å². The van der Waals surface area contributed by atoms with Gasteiger partial charge in [-0.2, -0.15) is 13.2 Å². The van der Waals surface area contributed by atoms with Crippen molar-refractivity contribution in [2.75, 3.05) is 19.0 Å². The Hall–Kier alpha value is 0.580. The van der Waals surface area contributed by atoms with E-state index in [9.17, 15) is 13.2 Å². The van der Waals surface area contributed by atoms with Crippen LogP contribution < -0.4 is 0 Å². The summed E-state index contributed by atoms with van der Waals surface area (Å²) in [7, 11) is 0. The van der Waals surface area contributed by atoms with Gasteiger partial charge in [0.05, 0.1) is 6.61 Å². The molecule has 0 N–H and O–H groups in total. The van der Waals surface area contributed by atoms with E-state index in [-0.39, 0.29) is 23.4 Å². The van der Waals surface area contributed by atoms with Gasteiger partial charge >= 0.3 is 5.51 Å². The van der Waals surface area contributed by atoms with Crippen molar-refractivity contribution in [1.82, 2.24) is 0 Å². The fraction of sp³-hybridized carbons (Fsp3) is 1.00. The Balaban J connectivity index is 2.17. The van der Waals surface area contributed by atoms with Crippen LogP contribution in [0.4, 0.5) is 13.2 Å². The average molecular weight is 293 g/mol. The zero-order chi connectivity index (χ0) is 10.6. The lowest BCUT2D eigenvalue weighted by molar-refractivity contribution is -0.0329. The molecule has 1 rings (SSSR count). The van der Waals surface area contributed by atoms with Crippen molar-refractivity contribution in [2.45, 2.75) is 23.2 Å². The molecule has 2 unspecified atom stereocenters. The first-order valence-electron chi connectivity index (χ1n) is 4.41. The summed E-state index contributed by atoms with van der Waals surface area (Å²) in [6, 6.07) is 0. The minimum atomic E-state index is -4.10.